The number of imidazole rings is 1. The number of carboxylic acid groups (broad SMARTS) is 1. The fourth-order valence-corrected chi connectivity index (χ4v) is 5.14. The van der Waals surface area contributed by atoms with Crippen molar-refractivity contribution in [1.82, 2.24) is 29.4 Å². The minimum absolute atomic E-state index is 0.00504. The largest absolute Gasteiger partial charge is 0.478 e. The summed E-state index contributed by atoms with van der Waals surface area (Å²) in [4.78, 5) is 32.0. The second-order valence-corrected chi connectivity index (χ2v) is 10.1. The monoisotopic (exact) mass is 567 g/mol. The summed E-state index contributed by atoms with van der Waals surface area (Å²) in [6.45, 7) is 2.49. The summed E-state index contributed by atoms with van der Waals surface area (Å²) in [6, 6.07) is 12.8. The second kappa shape index (κ2) is 11.8. The average molecular weight is 568 g/mol. The van der Waals surface area contributed by atoms with E-state index < -0.39 is 11.8 Å². The van der Waals surface area contributed by atoms with E-state index in [0.29, 0.717) is 47.3 Å². The molecule has 42 heavy (non-hydrogen) atoms. The number of carbonyl (C=O) groups is 1. The molecule has 11 nitrogen and oxygen atoms in total. The van der Waals surface area contributed by atoms with Crippen LogP contribution in [0.4, 0.5) is 4.39 Å². The Bertz CT molecular complexity index is 1770. The molecular formula is C30H26FN7O4. The van der Waals surface area contributed by atoms with Gasteiger partial charge in [-0.2, -0.15) is 10.2 Å². The molecule has 1 saturated heterocycles. The van der Waals surface area contributed by atoms with Gasteiger partial charge in [-0.1, -0.05) is 6.07 Å². The summed E-state index contributed by atoms with van der Waals surface area (Å²) >= 11 is 0. The molecule has 1 aliphatic rings. The highest BCUT2D eigenvalue weighted by molar-refractivity contribution is 5.92. The molecule has 0 radical (unpaired) electrons. The molecule has 12 heteroatoms. The molecule has 0 bridgehead atoms. The normalized spacial score (nSPS) is 14.2. The quantitative estimate of drug-likeness (QED) is 0.270. The van der Waals surface area contributed by atoms with Gasteiger partial charge in [-0.05, 0) is 56.3 Å². The first kappa shape index (κ1) is 27.0. The minimum atomic E-state index is -0.998. The van der Waals surface area contributed by atoms with Crippen LogP contribution in [-0.2, 0) is 19.7 Å². The molecule has 0 unspecified atom stereocenters. The summed E-state index contributed by atoms with van der Waals surface area (Å²) in [5, 5.41) is 18.4. The summed E-state index contributed by atoms with van der Waals surface area (Å²) in [5.41, 5.74) is 2.21. The first-order chi connectivity index (χ1) is 20.5. The molecule has 212 valence electrons. The third-order valence-corrected chi connectivity index (χ3v) is 7.38. The Kier molecular flexibility index (Phi) is 7.57. The summed E-state index contributed by atoms with van der Waals surface area (Å²) in [5.74, 6) is 1.01. The lowest BCUT2D eigenvalue weighted by Gasteiger charge is -2.31. The maximum absolute atomic E-state index is 14.2. The van der Waals surface area contributed by atoms with E-state index >= 15 is 0 Å². The molecule has 5 aromatic rings. The number of fused-ring (bicyclic) bond motifs is 1. The number of hydrogen-bond donors (Lipinski definition) is 1. The van der Waals surface area contributed by atoms with Crippen molar-refractivity contribution in [3.05, 3.63) is 101 Å². The Morgan fingerprint density at radius 3 is 2.69 bits per heavy atom. The van der Waals surface area contributed by atoms with E-state index in [9.17, 15) is 14.3 Å². The lowest BCUT2D eigenvalue weighted by molar-refractivity contribution is 0.0697. The predicted octanol–water partition coefficient (Wildman–Crippen LogP) is 4.53. The molecule has 4 heterocycles. The molecule has 1 aliphatic heterocycles. The third-order valence-electron chi connectivity index (χ3n) is 7.38. The lowest BCUT2D eigenvalue weighted by Crippen LogP contribution is -2.34. The van der Waals surface area contributed by atoms with Gasteiger partial charge in [0.25, 0.3) is 0 Å². The van der Waals surface area contributed by atoms with Gasteiger partial charge in [0.2, 0.25) is 11.8 Å². The molecule has 1 N–H and O–H groups in total. The fraction of sp³-hybridized carbons (Fsp3) is 0.267. The first-order valence-corrected chi connectivity index (χ1v) is 13.4. The summed E-state index contributed by atoms with van der Waals surface area (Å²) < 4.78 is 27.4. The molecule has 2 aromatic carbocycles. The first-order valence-electron chi connectivity index (χ1n) is 13.4. The van der Waals surface area contributed by atoms with Crippen molar-refractivity contribution in [3.8, 4) is 11.9 Å². The number of likely N-dealkylation sites (tertiary alicyclic amines) is 1. The van der Waals surface area contributed by atoms with Crippen molar-refractivity contribution < 1.29 is 23.4 Å². The third kappa shape index (κ3) is 5.82. The Labute approximate surface area is 239 Å². The number of nitriles is 1. The van der Waals surface area contributed by atoms with E-state index in [-0.39, 0.29) is 23.7 Å². The van der Waals surface area contributed by atoms with E-state index in [2.05, 4.69) is 19.9 Å². The number of carboxylic acids is 1. The summed E-state index contributed by atoms with van der Waals surface area (Å²) in [6.07, 6.45) is 6.40. The zero-order valence-corrected chi connectivity index (χ0v) is 22.5. The van der Waals surface area contributed by atoms with Crippen molar-refractivity contribution >= 4 is 17.0 Å². The van der Waals surface area contributed by atoms with E-state index in [0.717, 1.165) is 31.8 Å². The number of benzene rings is 2. The van der Waals surface area contributed by atoms with Crippen LogP contribution in [0.1, 0.15) is 57.8 Å². The van der Waals surface area contributed by atoms with E-state index in [4.69, 9.17) is 19.4 Å². The van der Waals surface area contributed by atoms with Crippen molar-refractivity contribution in [2.75, 3.05) is 13.1 Å². The number of nitrogens with zero attached hydrogens (tertiary/aromatic N) is 7. The standard InChI is InChI=1S/C30H26FN7O4/c31-23-13-19(15-32)1-2-22(23)18-42-27-5-8-34-29(36-27)20-6-10-37(11-7-20)16-26-35-24-4-3-21(30(39)40)14-25(24)38(26)17-28-33-9-12-41-28/h1-5,8-9,12-14,20H,6-7,10-11,16-18H2,(H,39,40). The molecular weight excluding hydrogens is 541 g/mol. The zero-order chi connectivity index (χ0) is 29.1. The molecule has 0 atom stereocenters. The Morgan fingerprint density at radius 1 is 1.10 bits per heavy atom. The van der Waals surface area contributed by atoms with Crippen molar-refractivity contribution in [1.29, 1.82) is 5.26 Å². The van der Waals surface area contributed by atoms with E-state index in [1.54, 1.807) is 42.7 Å². The van der Waals surface area contributed by atoms with Gasteiger partial charge in [0.05, 0.1) is 41.0 Å². The van der Waals surface area contributed by atoms with Crippen LogP contribution in [0.2, 0.25) is 0 Å². The molecule has 0 spiro atoms. The highest BCUT2D eigenvalue weighted by atomic mass is 19.1. The fourth-order valence-electron chi connectivity index (χ4n) is 5.14. The van der Waals surface area contributed by atoms with Crippen LogP contribution in [0.3, 0.4) is 0 Å². The number of halogens is 1. The molecule has 0 saturated carbocycles. The SMILES string of the molecule is N#Cc1ccc(COc2ccnc(C3CCN(Cc4nc5ccc(C(=O)O)cc5n4Cc4ncco4)CC3)n2)c(F)c1. The predicted molar refractivity (Wildman–Crippen MR) is 147 cm³/mol. The topological polar surface area (TPSA) is 143 Å². The number of rotatable bonds is 9. The van der Waals surface area contributed by atoms with Gasteiger partial charge in [-0.25, -0.2) is 24.1 Å². The van der Waals surface area contributed by atoms with Gasteiger partial charge in [0.15, 0.2) is 0 Å². The van der Waals surface area contributed by atoms with Crippen LogP contribution in [0, 0.1) is 17.1 Å². The molecule has 0 amide bonds. The number of hydrogen-bond acceptors (Lipinski definition) is 9. The van der Waals surface area contributed by atoms with Crippen LogP contribution < -0.4 is 4.74 Å². The smallest absolute Gasteiger partial charge is 0.335 e. The highest BCUT2D eigenvalue weighted by Gasteiger charge is 2.25. The number of aromatic carboxylic acids is 1. The van der Waals surface area contributed by atoms with Gasteiger partial charge in [-0.15, -0.1) is 0 Å². The van der Waals surface area contributed by atoms with E-state index in [1.807, 2.05) is 10.6 Å². The average Bonchev–Trinajstić information content (AvgIpc) is 3.65. The van der Waals surface area contributed by atoms with Crippen LogP contribution in [0.5, 0.6) is 5.88 Å². The van der Waals surface area contributed by atoms with Crippen LogP contribution in [0.25, 0.3) is 11.0 Å². The number of aromatic nitrogens is 5. The van der Waals surface area contributed by atoms with Crippen LogP contribution in [0.15, 0.2) is 65.5 Å². The summed E-state index contributed by atoms with van der Waals surface area (Å²) in [7, 11) is 0. The maximum atomic E-state index is 14.2. The zero-order valence-electron chi connectivity index (χ0n) is 22.5. The van der Waals surface area contributed by atoms with Gasteiger partial charge in [0, 0.05) is 23.7 Å². The molecule has 6 rings (SSSR count). The number of ether oxygens (including phenoxy) is 1. The van der Waals surface area contributed by atoms with Crippen molar-refractivity contribution in [2.24, 2.45) is 0 Å². The van der Waals surface area contributed by atoms with Crippen molar-refractivity contribution in [3.63, 3.8) is 0 Å². The number of oxazole rings is 1. The molecule has 3 aromatic heterocycles. The maximum Gasteiger partial charge on any atom is 0.335 e. The highest BCUT2D eigenvalue weighted by Crippen LogP contribution is 2.28. The van der Waals surface area contributed by atoms with Gasteiger partial charge < -0.3 is 18.8 Å². The lowest BCUT2D eigenvalue weighted by atomic mass is 9.96. The van der Waals surface area contributed by atoms with Crippen LogP contribution >= 0.6 is 0 Å². The number of piperidine rings is 1. The molecule has 1 fully saturated rings. The van der Waals surface area contributed by atoms with Gasteiger partial charge >= 0.3 is 5.97 Å². The Hall–Kier alpha value is -5.15. The Morgan fingerprint density at radius 2 is 1.95 bits per heavy atom. The van der Waals surface area contributed by atoms with Gasteiger partial charge in [-0.3, -0.25) is 4.90 Å². The Balaban J connectivity index is 1.12. The second-order valence-electron chi connectivity index (χ2n) is 10.1. The van der Waals surface area contributed by atoms with Gasteiger partial charge in [0.1, 0.15) is 36.9 Å². The van der Waals surface area contributed by atoms with Crippen LogP contribution in [-0.4, -0.2) is 53.6 Å². The van der Waals surface area contributed by atoms with E-state index in [1.165, 1.54) is 18.4 Å². The molecule has 0 aliphatic carbocycles. The minimum Gasteiger partial charge on any atom is -0.478 e. The van der Waals surface area contributed by atoms with Crippen molar-refractivity contribution in [2.45, 2.75) is 38.5 Å².